The summed E-state index contributed by atoms with van der Waals surface area (Å²) in [5.41, 5.74) is 0.847. The normalized spacial score (nSPS) is 12.7. The van der Waals surface area contributed by atoms with E-state index in [2.05, 4.69) is 19.2 Å². The van der Waals surface area contributed by atoms with Gasteiger partial charge in [0, 0.05) is 25.8 Å². The molecule has 1 aromatic rings. The number of nitrogens with one attached hydrogen (secondary N) is 1. The van der Waals surface area contributed by atoms with E-state index in [9.17, 15) is 10.1 Å². The average Bonchev–Trinajstić information content (AvgIpc) is 2.33. The number of benzene rings is 1. The Kier molecular flexibility index (Phi) is 6.21. The van der Waals surface area contributed by atoms with Crippen molar-refractivity contribution in [3.63, 3.8) is 0 Å². The number of nitro benzene ring substituents is 1. The van der Waals surface area contributed by atoms with Crippen LogP contribution < -0.4 is 5.32 Å². The molecular formula is C13H19ClN2O3. The molecule has 0 unspecified atom stereocenters. The molecule has 0 aromatic heterocycles. The third kappa shape index (κ3) is 4.78. The van der Waals surface area contributed by atoms with Gasteiger partial charge in [-0.25, -0.2) is 0 Å². The van der Waals surface area contributed by atoms with Crippen LogP contribution in [0.3, 0.4) is 0 Å². The molecule has 0 fully saturated rings. The van der Waals surface area contributed by atoms with Crippen LogP contribution in [0.25, 0.3) is 0 Å². The quantitative estimate of drug-likeness (QED) is 0.618. The number of hydrogen-bond acceptors (Lipinski definition) is 4. The van der Waals surface area contributed by atoms with Crippen molar-refractivity contribution in [1.82, 2.24) is 5.32 Å². The Morgan fingerprint density at radius 1 is 1.47 bits per heavy atom. The molecule has 0 spiro atoms. The molecule has 1 atom stereocenters. The Balaban J connectivity index is 2.67. The first-order valence-corrected chi connectivity index (χ1v) is 6.48. The van der Waals surface area contributed by atoms with Crippen molar-refractivity contribution in [1.29, 1.82) is 0 Å². The highest BCUT2D eigenvalue weighted by molar-refractivity contribution is 6.32. The largest absolute Gasteiger partial charge is 0.383 e. The Labute approximate surface area is 118 Å². The Morgan fingerprint density at radius 3 is 2.63 bits per heavy atom. The van der Waals surface area contributed by atoms with E-state index in [4.69, 9.17) is 16.3 Å². The maximum Gasteiger partial charge on any atom is 0.287 e. The van der Waals surface area contributed by atoms with Crippen LogP contribution in [-0.4, -0.2) is 24.7 Å². The molecule has 0 saturated heterocycles. The van der Waals surface area contributed by atoms with Crippen molar-refractivity contribution in [2.45, 2.75) is 26.4 Å². The van der Waals surface area contributed by atoms with Crippen LogP contribution in [0, 0.1) is 16.0 Å². The summed E-state index contributed by atoms with van der Waals surface area (Å²) in [6, 6.07) is 5.00. The summed E-state index contributed by atoms with van der Waals surface area (Å²) >= 11 is 5.87. The molecule has 1 N–H and O–H groups in total. The second-order valence-electron chi connectivity index (χ2n) is 4.73. The van der Waals surface area contributed by atoms with Crippen molar-refractivity contribution >= 4 is 17.3 Å². The molecule has 0 radical (unpaired) electrons. The topological polar surface area (TPSA) is 64.4 Å². The zero-order valence-corrected chi connectivity index (χ0v) is 12.1. The summed E-state index contributed by atoms with van der Waals surface area (Å²) in [6.45, 7) is 5.45. The molecule has 1 rings (SSSR count). The van der Waals surface area contributed by atoms with Gasteiger partial charge in [0.15, 0.2) is 0 Å². The van der Waals surface area contributed by atoms with Crippen LogP contribution in [0.15, 0.2) is 18.2 Å². The van der Waals surface area contributed by atoms with Gasteiger partial charge in [-0.3, -0.25) is 10.1 Å². The maximum atomic E-state index is 10.7. The van der Waals surface area contributed by atoms with Crippen molar-refractivity contribution in [3.8, 4) is 0 Å². The van der Waals surface area contributed by atoms with Crippen LogP contribution in [-0.2, 0) is 11.3 Å². The summed E-state index contributed by atoms with van der Waals surface area (Å²) in [5.74, 6) is 0.438. The van der Waals surface area contributed by atoms with Gasteiger partial charge in [-0.1, -0.05) is 31.5 Å². The van der Waals surface area contributed by atoms with Gasteiger partial charge >= 0.3 is 0 Å². The molecule has 1 aromatic carbocycles. The number of halogens is 1. The van der Waals surface area contributed by atoms with Crippen LogP contribution in [0.5, 0.6) is 0 Å². The zero-order chi connectivity index (χ0) is 14.4. The standard InChI is InChI=1S/C13H19ClN2O3/c1-9(2)12(8-19-3)15-7-10-4-5-13(16(17)18)11(14)6-10/h4-6,9,12,15H,7-8H2,1-3H3/t12-/m1/s1. The second-order valence-corrected chi connectivity index (χ2v) is 5.14. The van der Waals surface area contributed by atoms with Gasteiger partial charge < -0.3 is 10.1 Å². The molecule has 0 amide bonds. The fourth-order valence-corrected chi connectivity index (χ4v) is 2.00. The minimum atomic E-state index is -0.485. The van der Waals surface area contributed by atoms with E-state index >= 15 is 0 Å². The first-order valence-electron chi connectivity index (χ1n) is 6.10. The lowest BCUT2D eigenvalue weighted by molar-refractivity contribution is -0.384. The molecule has 5 nitrogen and oxygen atoms in total. The molecule has 106 valence electrons. The van der Waals surface area contributed by atoms with Gasteiger partial charge in [0.05, 0.1) is 11.5 Å². The fraction of sp³-hybridized carbons (Fsp3) is 0.538. The van der Waals surface area contributed by atoms with Crippen molar-refractivity contribution in [2.24, 2.45) is 5.92 Å². The van der Waals surface area contributed by atoms with Crippen molar-refractivity contribution < 1.29 is 9.66 Å². The predicted molar refractivity (Wildman–Crippen MR) is 75.4 cm³/mol. The summed E-state index contributed by atoms with van der Waals surface area (Å²) in [7, 11) is 1.67. The highest BCUT2D eigenvalue weighted by Gasteiger charge is 2.14. The summed E-state index contributed by atoms with van der Waals surface area (Å²) in [5, 5.41) is 14.2. The Bertz CT molecular complexity index is 438. The monoisotopic (exact) mass is 286 g/mol. The highest BCUT2D eigenvalue weighted by atomic mass is 35.5. The van der Waals surface area contributed by atoms with Crippen molar-refractivity contribution in [3.05, 3.63) is 38.9 Å². The van der Waals surface area contributed by atoms with E-state index < -0.39 is 4.92 Å². The number of nitro groups is 1. The fourth-order valence-electron chi connectivity index (χ4n) is 1.72. The van der Waals surface area contributed by atoms with Crippen molar-refractivity contribution in [2.75, 3.05) is 13.7 Å². The van der Waals surface area contributed by atoms with E-state index in [0.29, 0.717) is 19.1 Å². The SMILES string of the molecule is COC[C@@H](NCc1ccc([N+](=O)[O-])c(Cl)c1)C(C)C. The molecule has 0 aliphatic rings. The lowest BCUT2D eigenvalue weighted by Gasteiger charge is -2.21. The smallest absolute Gasteiger partial charge is 0.287 e. The molecule has 0 aliphatic heterocycles. The van der Waals surface area contributed by atoms with Gasteiger partial charge in [-0.2, -0.15) is 0 Å². The lowest BCUT2D eigenvalue weighted by atomic mass is 10.0. The predicted octanol–water partition coefficient (Wildman–Crippen LogP) is 3.01. The third-order valence-electron chi connectivity index (χ3n) is 2.93. The van der Waals surface area contributed by atoms with Gasteiger partial charge in [-0.05, 0) is 17.5 Å². The number of rotatable bonds is 7. The Morgan fingerprint density at radius 2 is 2.16 bits per heavy atom. The van der Waals surface area contributed by atoms with E-state index in [1.807, 2.05) is 0 Å². The zero-order valence-electron chi connectivity index (χ0n) is 11.4. The van der Waals surface area contributed by atoms with Crippen LogP contribution in [0.4, 0.5) is 5.69 Å². The number of methoxy groups -OCH3 is 1. The number of ether oxygens (including phenoxy) is 1. The second kappa shape index (κ2) is 7.43. The molecule has 19 heavy (non-hydrogen) atoms. The third-order valence-corrected chi connectivity index (χ3v) is 3.23. The minimum absolute atomic E-state index is 0.0669. The average molecular weight is 287 g/mol. The number of nitrogens with zero attached hydrogens (tertiary/aromatic N) is 1. The van der Waals surface area contributed by atoms with E-state index in [1.54, 1.807) is 19.2 Å². The summed E-state index contributed by atoms with van der Waals surface area (Å²) in [6.07, 6.45) is 0. The summed E-state index contributed by atoms with van der Waals surface area (Å²) < 4.78 is 5.15. The minimum Gasteiger partial charge on any atom is -0.383 e. The highest BCUT2D eigenvalue weighted by Crippen LogP contribution is 2.24. The maximum absolute atomic E-state index is 10.7. The van der Waals surface area contributed by atoms with E-state index in [0.717, 1.165) is 5.56 Å². The van der Waals surface area contributed by atoms with E-state index in [-0.39, 0.29) is 16.8 Å². The lowest BCUT2D eigenvalue weighted by Crippen LogP contribution is -2.37. The Hall–Kier alpha value is -1.17. The molecule has 6 heteroatoms. The first-order chi connectivity index (χ1) is 8.95. The van der Waals surface area contributed by atoms with Crippen LogP contribution in [0.1, 0.15) is 19.4 Å². The number of hydrogen-bond donors (Lipinski definition) is 1. The van der Waals surface area contributed by atoms with Gasteiger partial charge in [0.1, 0.15) is 5.02 Å². The molecule has 0 aliphatic carbocycles. The molecule has 0 heterocycles. The van der Waals surface area contributed by atoms with Gasteiger partial charge in [-0.15, -0.1) is 0 Å². The van der Waals surface area contributed by atoms with E-state index in [1.165, 1.54) is 6.07 Å². The van der Waals surface area contributed by atoms with Crippen LogP contribution in [0.2, 0.25) is 5.02 Å². The molecule has 0 saturated carbocycles. The van der Waals surface area contributed by atoms with Gasteiger partial charge in [0.2, 0.25) is 0 Å². The van der Waals surface area contributed by atoms with Gasteiger partial charge in [0.25, 0.3) is 5.69 Å². The molecule has 0 bridgehead atoms. The molecular weight excluding hydrogens is 268 g/mol. The first kappa shape index (κ1) is 15.9. The van der Waals surface area contributed by atoms with Crippen LogP contribution >= 0.6 is 11.6 Å². The summed E-state index contributed by atoms with van der Waals surface area (Å²) in [4.78, 5) is 10.2.